The van der Waals surface area contributed by atoms with Crippen molar-refractivity contribution in [2.24, 2.45) is 0 Å². The van der Waals surface area contributed by atoms with Crippen LogP contribution in [0.3, 0.4) is 0 Å². The number of rotatable bonds is 3. The minimum Gasteiger partial charge on any atom is -0.0843 e. The van der Waals surface area contributed by atoms with Crippen LogP contribution < -0.4 is 0 Å². The van der Waals surface area contributed by atoms with Crippen LogP contribution in [0.5, 0.6) is 0 Å². The van der Waals surface area contributed by atoms with Gasteiger partial charge in [-0.25, -0.2) is 0 Å². The lowest BCUT2D eigenvalue weighted by molar-refractivity contribution is 1.59. The Hall–Kier alpha value is -3.35. The van der Waals surface area contributed by atoms with Crippen molar-refractivity contribution < 1.29 is 6.85 Å². The van der Waals surface area contributed by atoms with Gasteiger partial charge in [-0.3, -0.25) is 0 Å². The van der Waals surface area contributed by atoms with Gasteiger partial charge in [-0.15, -0.1) is 0 Å². The third-order valence-corrected chi connectivity index (χ3v) is 5.19. The normalized spacial score (nSPS) is 13.3. The molecule has 0 spiro atoms. The second kappa shape index (κ2) is 7.58. The highest BCUT2D eigenvalue weighted by molar-refractivity contribution is 6.31. The summed E-state index contributed by atoms with van der Waals surface area (Å²) >= 11 is 6.42. The van der Waals surface area contributed by atoms with Crippen molar-refractivity contribution in [2.45, 2.75) is 0 Å². The maximum absolute atomic E-state index is 8.30. The summed E-state index contributed by atoms with van der Waals surface area (Å²) < 4.78 is 40.4. The molecule has 0 saturated heterocycles. The van der Waals surface area contributed by atoms with Gasteiger partial charge >= 0.3 is 0 Å². The lowest BCUT2D eigenvalue weighted by atomic mass is 9.96. The van der Waals surface area contributed by atoms with E-state index in [0.29, 0.717) is 10.6 Å². The number of halogens is 1. The van der Waals surface area contributed by atoms with Crippen molar-refractivity contribution in [1.29, 1.82) is 0 Å². The summed E-state index contributed by atoms with van der Waals surface area (Å²) in [6, 6.07) is 26.3. The SMILES string of the molecule is [2H]c1c([2H])c([2H])c(-c2cc(Cl)cc(-c3ccc4cc(-c5ccccc5)ccc4c3)c2)c([2H])c1[2H]. The van der Waals surface area contributed by atoms with Crippen molar-refractivity contribution in [1.82, 2.24) is 0 Å². The molecule has 5 aromatic carbocycles. The van der Waals surface area contributed by atoms with Gasteiger partial charge in [0.1, 0.15) is 0 Å². The monoisotopic (exact) mass is 395 g/mol. The maximum atomic E-state index is 8.30. The van der Waals surface area contributed by atoms with Gasteiger partial charge in [-0.2, -0.15) is 0 Å². The fourth-order valence-corrected chi connectivity index (χ4v) is 3.77. The first kappa shape index (κ1) is 13.0. The molecule has 0 unspecified atom stereocenters. The summed E-state index contributed by atoms with van der Waals surface area (Å²) in [4.78, 5) is 0. The summed E-state index contributed by atoms with van der Waals surface area (Å²) in [5.41, 5.74) is 4.67. The summed E-state index contributed by atoms with van der Waals surface area (Å²) in [6.45, 7) is 0. The van der Waals surface area contributed by atoms with Gasteiger partial charge < -0.3 is 0 Å². The van der Waals surface area contributed by atoms with Crippen LogP contribution >= 0.6 is 11.6 Å². The van der Waals surface area contributed by atoms with E-state index in [2.05, 4.69) is 42.5 Å². The quantitative estimate of drug-likeness (QED) is 0.287. The second-order valence-corrected chi connectivity index (χ2v) is 7.31. The molecular weight excluding hydrogens is 372 g/mol. The molecule has 0 nitrogen and oxygen atoms in total. The Labute approximate surface area is 183 Å². The molecule has 0 heterocycles. The minimum atomic E-state index is -0.412. The van der Waals surface area contributed by atoms with Crippen molar-refractivity contribution >= 4 is 22.4 Å². The molecule has 0 saturated carbocycles. The zero-order valence-electron chi connectivity index (χ0n) is 20.5. The van der Waals surface area contributed by atoms with Crippen LogP contribution in [0.25, 0.3) is 44.2 Å². The molecule has 138 valence electrons. The van der Waals surface area contributed by atoms with Gasteiger partial charge in [0.15, 0.2) is 0 Å². The van der Waals surface area contributed by atoms with E-state index < -0.39 is 6.04 Å². The minimum absolute atomic E-state index is 0.142. The Balaban J connectivity index is 1.61. The molecule has 0 bridgehead atoms. The summed E-state index contributed by atoms with van der Waals surface area (Å²) in [7, 11) is 0. The number of hydrogen-bond acceptors (Lipinski definition) is 0. The van der Waals surface area contributed by atoms with Crippen LogP contribution in [0.2, 0.25) is 5.02 Å². The van der Waals surface area contributed by atoms with E-state index in [1.807, 2.05) is 36.4 Å². The molecule has 0 N–H and O–H groups in total. The zero-order chi connectivity index (χ0) is 24.0. The summed E-state index contributed by atoms with van der Waals surface area (Å²) in [6.07, 6.45) is 0. The van der Waals surface area contributed by atoms with Gasteiger partial charge in [-0.1, -0.05) is 96.4 Å². The fraction of sp³-hybridized carbons (Fsp3) is 0. The van der Waals surface area contributed by atoms with Crippen LogP contribution in [-0.4, -0.2) is 0 Å². The Morgan fingerprint density at radius 1 is 0.483 bits per heavy atom. The molecule has 0 atom stereocenters. The van der Waals surface area contributed by atoms with Crippen molar-refractivity contribution in [3.05, 3.63) is 120 Å². The Morgan fingerprint density at radius 3 is 1.72 bits per heavy atom. The van der Waals surface area contributed by atoms with E-state index in [4.69, 9.17) is 18.5 Å². The van der Waals surface area contributed by atoms with Crippen molar-refractivity contribution in [2.75, 3.05) is 0 Å². The van der Waals surface area contributed by atoms with Gasteiger partial charge in [0.05, 0.1) is 6.85 Å². The zero-order valence-corrected chi connectivity index (χ0v) is 16.2. The first-order valence-electron chi connectivity index (χ1n) is 11.8. The molecule has 0 amide bonds. The average molecular weight is 396 g/mol. The van der Waals surface area contributed by atoms with Crippen molar-refractivity contribution in [3.63, 3.8) is 0 Å². The highest BCUT2D eigenvalue weighted by Gasteiger charge is 2.06. The highest BCUT2D eigenvalue weighted by Crippen LogP contribution is 2.33. The lowest BCUT2D eigenvalue weighted by Gasteiger charge is -2.10. The van der Waals surface area contributed by atoms with Gasteiger partial charge in [0.2, 0.25) is 0 Å². The summed E-state index contributed by atoms with van der Waals surface area (Å²) in [5, 5.41) is 2.61. The molecule has 0 radical (unpaired) electrons. The first-order valence-corrected chi connectivity index (χ1v) is 9.69. The molecule has 0 aliphatic heterocycles. The molecule has 0 aliphatic rings. The van der Waals surface area contributed by atoms with Crippen LogP contribution in [0, 0.1) is 0 Å². The Bertz CT molecular complexity index is 1530. The van der Waals surface area contributed by atoms with Crippen LogP contribution in [0.1, 0.15) is 6.85 Å². The first-order chi connectivity index (χ1) is 16.3. The lowest BCUT2D eigenvalue weighted by Crippen LogP contribution is -1.84. The smallest absolute Gasteiger partial charge is 0.0629 e. The van der Waals surface area contributed by atoms with E-state index in [-0.39, 0.29) is 29.7 Å². The molecule has 1 heteroatoms. The molecule has 0 aliphatic carbocycles. The van der Waals surface area contributed by atoms with Crippen LogP contribution in [0.4, 0.5) is 0 Å². The largest absolute Gasteiger partial charge is 0.0843 e. The number of hydrogen-bond donors (Lipinski definition) is 0. The fourth-order valence-electron chi connectivity index (χ4n) is 3.53. The van der Waals surface area contributed by atoms with E-state index in [1.54, 1.807) is 6.07 Å². The maximum Gasteiger partial charge on any atom is 0.0629 e. The molecule has 0 aromatic heterocycles. The number of fused-ring (bicyclic) bond motifs is 1. The Morgan fingerprint density at radius 2 is 1.07 bits per heavy atom. The third kappa shape index (κ3) is 3.68. The standard InChI is InChI=1S/C28H19Cl/c29-28-18-26(21-9-5-2-6-10-21)17-27(19-28)25-14-13-23-15-22(11-12-24(23)16-25)20-7-3-1-4-8-20/h1-19H/i2D,5D,6D,9D,10D. The van der Waals surface area contributed by atoms with E-state index in [9.17, 15) is 0 Å². The summed E-state index contributed by atoms with van der Waals surface area (Å²) in [5.74, 6) is 0. The second-order valence-electron chi connectivity index (χ2n) is 6.87. The molecule has 5 aromatic rings. The van der Waals surface area contributed by atoms with Gasteiger partial charge in [0.25, 0.3) is 0 Å². The molecule has 5 rings (SSSR count). The van der Waals surface area contributed by atoms with Crippen LogP contribution in [-0.2, 0) is 0 Å². The van der Waals surface area contributed by atoms with Gasteiger partial charge in [0, 0.05) is 5.02 Å². The van der Waals surface area contributed by atoms with Gasteiger partial charge in [-0.05, 0) is 74.5 Å². The Kier molecular flexibility index (Phi) is 3.39. The topological polar surface area (TPSA) is 0 Å². The molecule has 29 heavy (non-hydrogen) atoms. The van der Waals surface area contributed by atoms with Crippen LogP contribution in [0.15, 0.2) is 115 Å². The predicted molar refractivity (Wildman–Crippen MR) is 125 cm³/mol. The average Bonchev–Trinajstić information content (AvgIpc) is 2.86. The molecule has 0 fully saturated rings. The van der Waals surface area contributed by atoms with E-state index >= 15 is 0 Å². The van der Waals surface area contributed by atoms with Crippen molar-refractivity contribution in [3.8, 4) is 33.4 Å². The third-order valence-electron chi connectivity index (χ3n) is 4.97. The number of benzene rings is 5. The van der Waals surface area contributed by atoms with E-state index in [0.717, 1.165) is 33.0 Å². The van der Waals surface area contributed by atoms with E-state index in [1.165, 1.54) is 0 Å². The molecular formula is C28H19Cl. The highest BCUT2D eigenvalue weighted by atomic mass is 35.5. The predicted octanol–water partition coefficient (Wildman–Crippen LogP) is 8.49.